The maximum Gasteiger partial charge on any atom is 0.270 e. The van der Waals surface area contributed by atoms with Crippen molar-refractivity contribution in [3.05, 3.63) is 46.5 Å². The van der Waals surface area contributed by atoms with Crippen molar-refractivity contribution in [3.63, 3.8) is 0 Å². The second-order valence-corrected chi connectivity index (χ2v) is 6.43. The van der Waals surface area contributed by atoms with E-state index in [1.807, 2.05) is 6.07 Å². The molecule has 0 aliphatic rings. The van der Waals surface area contributed by atoms with Gasteiger partial charge in [-0.3, -0.25) is 9.78 Å². The molecule has 2 aromatic heterocycles. The van der Waals surface area contributed by atoms with Gasteiger partial charge in [-0.2, -0.15) is 0 Å². The zero-order chi connectivity index (χ0) is 16.2. The lowest BCUT2D eigenvalue weighted by atomic mass is 10.2. The first-order chi connectivity index (χ1) is 11.2. The molecule has 0 aliphatic carbocycles. The molecule has 0 amide bonds. The van der Waals surface area contributed by atoms with Crippen molar-refractivity contribution in [1.82, 2.24) is 9.97 Å². The number of hydrogen-bond donors (Lipinski definition) is 2. The molecule has 0 radical (unpaired) electrons. The van der Waals surface area contributed by atoms with Crippen LogP contribution in [0, 0.1) is 5.82 Å². The Morgan fingerprint density at radius 1 is 1.26 bits per heavy atom. The molecule has 1 aromatic carbocycles. The SMILES string of the molecule is CCCCCNc1nc2cc(-c3ccc(F)cc3)sc2c(=O)[nH]1. The van der Waals surface area contributed by atoms with E-state index >= 15 is 0 Å². The quantitative estimate of drug-likeness (QED) is 0.659. The van der Waals surface area contributed by atoms with Crippen LogP contribution in [0.3, 0.4) is 0 Å². The highest BCUT2D eigenvalue weighted by atomic mass is 32.1. The molecule has 0 spiro atoms. The molecule has 2 heterocycles. The van der Waals surface area contributed by atoms with Gasteiger partial charge >= 0.3 is 0 Å². The lowest BCUT2D eigenvalue weighted by Gasteiger charge is -2.04. The highest BCUT2D eigenvalue weighted by molar-refractivity contribution is 7.22. The Balaban J connectivity index is 1.88. The van der Waals surface area contributed by atoms with Crippen LogP contribution in [0.25, 0.3) is 20.7 Å². The monoisotopic (exact) mass is 331 g/mol. The molecular formula is C17H18FN3OS. The van der Waals surface area contributed by atoms with Gasteiger partial charge in [-0.25, -0.2) is 9.37 Å². The topological polar surface area (TPSA) is 57.8 Å². The average molecular weight is 331 g/mol. The van der Waals surface area contributed by atoms with Crippen LogP contribution in [-0.2, 0) is 0 Å². The maximum absolute atomic E-state index is 13.0. The van der Waals surface area contributed by atoms with Gasteiger partial charge in [-0.15, -0.1) is 11.3 Å². The average Bonchev–Trinajstić information content (AvgIpc) is 2.97. The number of nitrogens with one attached hydrogen (secondary N) is 2. The number of rotatable bonds is 6. The number of aromatic nitrogens is 2. The molecule has 0 fully saturated rings. The van der Waals surface area contributed by atoms with E-state index in [4.69, 9.17) is 0 Å². The molecule has 4 nitrogen and oxygen atoms in total. The van der Waals surface area contributed by atoms with Gasteiger partial charge < -0.3 is 5.32 Å². The minimum absolute atomic E-state index is 0.147. The molecule has 0 aliphatic heterocycles. The number of thiophene rings is 1. The number of anilines is 1. The zero-order valence-corrected chi connectivity index (χ0v) is 13.7. The molecule has 120 valence electrons. The molecule has 0 atom stereocenters. The van der Waals surface area contributed by atoms with Gasteiger partial charge in [0.1, 0.15) is 10.5 Å². The highest BCUT2D eigenvalue weighted by Gasteiger charge is 2.10. The number of fused-ring (bicyclic) bond motifs is 1. The van der Waals surface area contributed by atoms with E-state index in [0.717, 1.165) is 36.2 Å². The Morgan fingerprint density at radius 3 is 2.78 bits per heavy atom. The van der Waals surface area contributed by atoms with E-state index in [1.165, 1.54) is 23.5 Å². The molecule has 0 saturated carbocycles. The van der Waals surface area contributed by atoms with E-state index in [9.17, 15) is 9.18 Å². The van der Waals surface area contributed by atoms with Gasteiger partial charge in [0.05, 0.1) is 5.52 Å². The summed E-state index contributed by atoms with van der Waals surface area (Å²) in [6.07, 6.45) is 3.34. The summed E-state index contributed by atoms with van der Waals surface area (Å²) >= 11 is 1.37. The number of unbranched alkanes of at least 4 members (excludes halogenated alkanes) is 2. The predicted octanol–water partition coefficient (Wildman–Crippen LogP) is 4.39. The maximum atomic E-state index is 13.0. The fraction of sp³-hybridized carbons (Fsp3) is 0.294. The Hall–Kier alpha value is -2.21. The predicted molar refractivity (Wildman–Crippen MR) is 93.6 cm³/mol. The van der Waals surface area contributed by atoms with Crippen LogP contribution in [0.5, 0.6) is 0 Å². The number of H-pyrrole nitrogens is 1. The summed E-state index contributed by atoms with van der Waals surface area (Å²) in [5, 5.41) is 3.16. The van der Waals surface area contributed by atoms with Gasteiger partial charge in [0, 0.05) is 11.4 Å². The van der Waals surface area contributed by atoms with Crippen molar-refractivity contribution in [2.75, 3.05) is 11.9 Å². The summed E-state index contributed by atoms with van der Waals surface area (Å²) in [6, 6.07) is 8.12. The van der Waals surface area contributed by atoms with Crippen LogP contribution < -0.4 is 10.9 Å². The summed E-state index contributed by atoms with van der Waals surface area (Å²) in [5.41, 5.74) is 1.40. The molecule has 0 bridgehead atoms. The van der Waals surface area contributed by atoms with E-state index in [0.29, 0.717) is 16.2 Å². The summed E-state index contributed by atoms with van der Waals surface area (Å²) in [6.45, 7) is 2.94. The Morgan fingerprint density at radius 2 is 2.04 bits per heavy atom. The second-order valence-electron chi connectivity index (χ2n) is 5.38. The smallest absolute Gasteiger partial charge is 0.270 e. The van der Waals surface area contributed by atoms with Crippen molar-refractivity contribution >= 4 is 27.5 Å². The van der Waals surface area contributed by atoms with Gasteiger partial charge in [0.15, 0.2) is 0 Å². The second kappa shape index (κ2) is 6.91. The van der Waals surface area contributed by atoms with Crippen LogP contribution in [0.2, 0.25) is 0 Å². The van der Waals surface area contributed by atoms with E-state index in [2.05, 4.69) is 22.2 Å². The third-order valence-corrected chi connectivity index (χ3v) is 4.76. The van der Waals surface area contributed by atoms with Crippen LogP contribution in [0.4, 0.5) is 10.3 Å². The minimum atomic E-state index is -0.274. The van der Waals surface area contributed by atoms with E-state index in [1.54, 1.807) is 12.1 Å². The Labute approximate surface area is 137 Å². The summed E-state index contributed by atoms with van der Waals surface area (Å²) in [5.74, 6) is 0.228. The molecule has 0 saturated heterocycles. The van der Waals surface area contributed by atoms with E-state index < -0.39 is 0 Å². The summed E-state index contributed by atoms with van der Waals surface area (Å²) < 4.78 is 13.6. The largest absolute Gasteiger partial charge is 0.356 e. The molecule has 3 aromatic rings. The van der Waals surface area contributed by atoms with E-state index in [-0.39, 0.29) is 11.4 Å². The first-order valence-electron chi connectivity index (χ1n) is 7.71. The van der Waals surface area contributed by atoms with Gasteiger partial charge in [-0.05, 0) is 30.2 Å². The van der Waals surface area contributed by atoms with Crippen LogP contribution in [0.15, 0.2) is 35.1 Å². The molecule has 3 rings (SSSR count). The lowest BCUT2D eigenvalue weighted by Crippen LogP contribution is -2.12. The van der Waals surface area contributed by atoms with Gasteiger partial charge in [-0.1, -0.05) is 31.9 Å². The van der Waals surface area contributed by atoms with Gasteiger partial charge in [0.2, 0.25) is 5.95 Å². The number of benzene rings is 1. The lowest BCUT2D eigenvalue weighted by molar-refractivity contribution is 0.628. The number of halogens is 1. The zero-order valence-electron chi connectivity index (χ0n) is 12.9. The van der Waals surface area contributed by atoms with Crippen LogP contribution in [0.1, 0.15) is 26.2 Å². The van der Waals surface area contributed by atoms with Crippen molar-refractivity contribution in [3.8, 4) is 10.4 Å². The van der Waals surface area contributed by atoms with Crippen LogP contribution in [-0.4, -0.2) is 16.5 Å². The third kappa shape index (κ3) is 3.59. The van der Waals surface area contributed by atoms with Crippen molar-refractivity contribution < 1.29 is 4.39 Å². The summed E-state index contributed by atoms with van der Waals surface area (Å²) in [4.78, 5) is 20.3. The number of nitrogens with zero attached hydrogens (tertiary/aromatic N) is 1. The first-order valence-corrected chi connectivity index (χ1v) is 8.52. The molecule has 0 unspecified atom stereocenters. The fourth-order valence-corrected chi connectivity index (χ4v) is 3.36. The van der Waals surface area contributed by atoms with Crippen LogP contribution >= 0.6 is 11.3 Å². The van der Waals surface area contributed by atoms with Gasteiger partial charge in [0.25, 0.3) is 5.56 Å². The Kier molecular flexibility index (Phi) is 4.71. The molecule has 23 heavy (non-hydrogen) atoms. The standard InChI is InChI=1S/C17H18FN3OS/c1-2-3-4-9-19-17-20-13-10-14(23-15(13)16(22)21-17)11-5-7-12(18)8-6-11/h5-8,10H,2-4,9H2,1H3,(H2,19,20,21,22). The van der Waals surface area contributed by atoms with Crippen molar-refractivity contribution in [2.24, 2.45) is 0 Å². The summed E-state index contributed by atoms with van der Waals surface area (Å²) in [7, 11) is 0. The molecular weight excluding hydrogens is 313 g/mol. The fourth-order valence-electron chi connectivity index (χ4n) is 2.36. The normalized spacial score (nSPS) is 11.0. The Bertz CT molecular complexity index is 854. The first kappa shape index (κ1) is 15.7. The number of hydrogen-bond acceptors (Lipinski definition) is 4. The van der Waals surface area contributed by atoms with Crippen molar-refractivity contribution in [1.29, 1.82) is 0 Å². The highest BCUT2D eigenvalue weighted by Crippen LogP contribution is 2.31. The molecule has 2 N–H and O–H groups in total. The van der Waals surface area contributed by atoms with Crippen molar-refractivity contribution in [2.45, 2.75) is 26.2 Å². The molecule has 6 heteroatoms. The minimum Gasteiger partial charge on any atom is -0.356 e. The number of aromatic amines is 1. The third-order valence-electron chi connectivity index (χ3n) is 3.58.